The van der Waals surface area contributed by atoms with Crippen molar-refractivity contribution in [3.8, 4) is 0 Å². The molecule has 4 nitrogen and oxygen atoms in total. The van der Waals surface area contributed by atoms with Gasteiger partial charge in [-0.25, -0.2) is 8.42 Å². The average molecular weight is 248 g/mol. The summed E-state index contributed by atoms with van der Waals surface area (Å²) in [5, 5.41) is 2.66. The summed E-state index contributed by atoms with van der Waals surface area (Å²) in [6.45, 7) is 1.73. The van der Waals surface area contributed by atoms with E-state index in [2.05, 4.69) is 10.3 Å². The standard InChI is InChI=1S/C9H16N2O2S2/c1-7(15(3,12)13)9(10-2)4-8-5-11-6-14-8/h5-7,9-10H,4H2,1-3H3. The van der Waals surface area contributed by atoms with Crippen molar-refractivity contribution in [3.63, 3.8) is 0 Å². The normalized spacial score (nSPS) is 16.2. The highest BCUT2D eigenvalue weighted by molar-refractivity contribution is 7.91. The third-order valence-corrected chi connectivity index (χ3v) is 5.00. The lowest BCUT2D eigenvalue weighted by atomic mass is 10.1. The summed E-state index contributed by atoms with van der Waals surface area (Å²) in [5.41, 5.74) is 1.76. The Bertz CT molecular complexity index is 386. The number of hydrogen-bond donors (Lipinski definition) is 1. The van der Waals surface area contributed by atoms with Crippen molar-refractivity contribution >= 4 is 21.2 Å². The van der Waals surface area contributed by atoms with Crippen LogP contribution in [0.1, 0.15) is 11.8 Å². The predicted octanol–water partition coefficient (Wildman–Crippen LogP) is 0.707. The molecule has 1 aromatic rings. The van der Waals surface area contributed by atoms with Crippen LogP contribution in [0.25, 0.3) is 0 Å². The van der Waals surface area contributed by atoms with Gasteiger partial charge in [0.25, 0.3) is 0 Å². The molecule has 1 aromatic heterocycles. The number of thiazole rings is 1. The first kappa shape index (κ1) is 12.6. The van der Waals surface area contributed by atoms with Crippen LogP contribution in [-0.2, 0) is 16.3 Å². The van der Waals surface area contributed by atoms with Crippen molar-refractivity contribution in [1.29, 1.82) is 0 Å². The molecule has 6 heteroatoms. The van der Waals surface area contributed by atoms with E-state index in [-0.39, 0.29) is 11.3 Å². The van der Waals surface area contributed by atoms with Crippen LogP contribution in [0.15, 0.2) is 11.7 Å². The average Bonchev–Trinajstić information content (AvgIpc) is 2.64. The van der Waals surface area contributed by atoms with Crippen LogP contribution in [0.3, 0.4) is 0 Å². The van der Waals surface area contributed by atoms with E-state index in [4.69, 9.17) is 0 Å². The summed E-state index contributed by atoms with van der Waals surface area (Å²) in [5.74, 6) is 0. The minimum atomic E-state index is -3.00. The topological polar surface area (TPSA) is 59.1 Å². The summed E-state index contributed by atoms with van der Waals surface area (Å²) in [4.78, 5) is 5.07. The summed E-state index contributed by atoms with van der Waals surface area (Å²) in [6.07, 6.45) is 3.76. The van der Waals surface area contributed by atoms with Crippen molar-refractivity contribution in [2.75, 3.05) is 13.3 Å². The zero-order valence-electron chi connectivity index (χ0n) is 9.10. The summed E-state index contributed by atoms with van der Waals surface area (Å²) in [6, 6.07) is -0.0551. The van der Waals surface area contributed by atoms with Gasteiger partial charge in [0, 0.05) is 23.4 Å². The predicted molar refractivity (Wildman–Crippen MR) is 63.0 cm³/mol. The molecular formula is C9H16N2O2S2. The molecule has 1 N–H and O–H groups in total. The Labute approximate surface area is 94.7 Å². The number of likely N-dealkylation sites (N-methyl/N-ethyl adjacent to an activating group) is 1. The van der Waals surface area contributed by atoms with Crippen LogP contribution in [0.5, 0.6) is 0 Å². The zero-order valence-corrected chi connectivity index (χ0v) is 10.7. The fourth-order valence-electron chi connectivity index (χ4n) is 1.36. The molecule has 0 saturated heterocycles. The van der Waals surface area contributed by atoms with Crippen molar-refractivity contribution in [2.24, 2.45) is 0 Å². The van der Waals surface area contributed by atoms with E-state index < -0.39 is 9.84 Å². The maximum absolute atomic E-state index is 11.4. The quantitative estimate of drug-likeness (QED) is 0.833. The number of aromatic nitrogens is 1. The van der Waals surface area contributed by atoms with E-state index in [1.54, 1.807) is 37.0 Å². The van der Waals surface area contributed by atoms with Gasteiger partial charge in [-0.05, 0) is 20.4 Å². The maximum Gasteiger partial charge on any atom is 0.151 e. The van der Waals surface area contributed by atoms with Crippen molar-refractivity contribution in [3.05, 3.63) is 16.6 Å². The number of nitrogens with zero attached hydrogens (tertiary/aromatic N) is 1. The van der Waals surface area contributed by atoms with E-state index in [9.17, 15) is 8.42 Å². The van der Waals surface area contributed by atoms with Gasteiger partial charge in [-0.15, -0.1) is 11.3 Å². The Morgan fingerprint density at radius 2 is 2.27 bits per heavy atom. The fourth-order valence-corrected chi connectivity index (χ4v) is 2.84. The van der Waals surface area contributed by atoms with Gasteiger partial charge in [0.15, 0.2) is 9.84 Å². The lowest BCUT2D eigenvalue weighted by molar-refractivity contribution is 0.518. The Kier molecular flexibility index (Phi) is 4.24. The highest BCUT2D eigenvalue weighted by Crippen LogP contribution is 2.13. The van der Waals surface area contributed by atoms with E-state index in [0.29, 0.717) is 6.42 Å². The minimum absolute atomic E-state index is 0.0551. The molecule has 2 unspecified atom stereocenters. The second-order valence-corrected chi connectivity index (χ2v) is 6.98. The third-order valence-electron chi connectivity index (χ3n) is 2.52. The van der Waals surface area contributed by atoms with Gasteiger partial charge < -0.3 is 5.32 Å². The van der Waals surface area contributed by atoms with Crippen LogP contribution in [-0.4, -0.2) is 38.0 Å². The zero-order chi connectivity index (χ0) is 11.5. The van der Waals surface area contributed by atoms with Gasteiger partial charge in [-0.2, -0.15) is 0 Å². The van der Waals surface area contributed by atoms with Gasteiger partial charge in [-0.3, -0.25) is 4.98 Å². The first-order valence-electron chi connectivity index (χ1n) is 4.68. The van der Waals surface area contributed by atoms with Gasteiger partial charge in [0.05, 0.1) is 10.8 Å². The smallest absolute Gasteiger partial charge is 0.151 e. The molecule has 0 aliphatic rings. The van der Waals surface area contributed by atoms with Crippen LogP contribution >= 0.6 is 11.3 Å². The Hall–Kier alpha value is -0.460. The number of nitrogens with one attached hydrogen (secondary N) is 1. The minimum Gasteiger partial charge on any atom is -0.315 e. The molecule has 1 heterocycles. The van der Waals surface area contributed by atoms with Crippen molar-refractivity contribution < 1.29 is 8.42 Å². The van der Waals surface area contributed by atoms with Crippen LogP contribution < -0.4 is 5.32 Å². The summed E-state index contributed by atoms with van der Waals surface area (Å²) >= 11 is 1.55. The van der Waals surface area contributed by atoms with E-state index in [1.807, 2.05) is 0 Å². The molecule has 0 aliphatic carbocycles. The molecule has 0 bridgehead atoms. The molecular weight excluding hydrogens is 232 g/mol. The molecule has 0 aromatic carbocycles. The van der Waals surface area contributed by atoms with Crippen LogP contribution in [0.4, 0.5) is 0 Å². The first-order chi connectivity index (χ1) is 6.95. The third kappa shape index (κ3) is 3.55. The molecule has 0 saturated carbocycles. The number of hydrogen-bond acceptors (Lipinski definition) is 5. The van der Waals surface area contributed by atoms with E-state index in [1.165, 1.54) is 6.26 Å². The molecule has 0 amide bonds. The largest absolute Gasteiger partial charge is 0.315 e. The molecule has 0 radical (unpaired) electrons. The van der Waals surface area contributed by atoms with Gasteiger partial charge in [0.2, 0.25) is 0 Å². The Morgan fingerprint density at radius 3 is 2.67 bits per heavy atom. The Balaban J connectivity index is 2.73. The second kappa shape index (κ2) is 5.05. The maximum atomic E-state index is 11.4. The summed E-state index contributed by atoms with van der Waals surface area (Å²) < 4.78 is 22.8. The lowest BCUT2D eigenvalue weighted by Crippen LogP contribution is -2.41. The molecule has 15 heavy (non-hydrogen) atoms. The highest BCUT2D eigenvalue weighted by atomic mass is 32.2. The molecule has 0 spiro atoms. The van der Waals surface area contributed by atoms with Crippen LogP contribution in [0.2, 0.25) is 0 Å². The second-order valence-electron chi connectivity index (χ2n) is 3.60. The number of sulfone groups is 1. The number of rotatable bonds is 5. The van der Waals surface area contributed by atoms with Gasteiger partial charge >= 0.3 is 0 Å². The molecule has 0 aliphatic heterocycles. The first-order valence-corrected chi connectivity index (χ1v) is 7.52. The molecule has 2 atom stereocenters. The van der Waals surface area contributed by atoms with Crippen molar-refractivity contribution in [1.82, 2.24) is 10.3 Å². The highest BCUT2D eigenvalue weighted by Gasteiger charge is 2.24. The van der Waals surface area contributed by atoms with E-state index in [0.717, 1.165) is 4.88 Å². The monoisotopic (exact) mass is 248 g/mol. The van der Waals surface area contributed by atoms with Crippen LogP contribution in [0, 0.1) is 0 Å². The Morgan fingerprint density at radius 1 is 1.60 bits per heavy atom. The van der Waals surface area contributed by atoms with Crippen molar-refractivity contribution in [2.45, 2.75) is 24.6 Å². The lowest BCUT2D eigenvalue weighted by Gasteiger charge is -2.21. The summed E-state index contributed by atoms with van der Waals surface area (Å²) in [7, 11) is -1.21. The van der Waals surface area contributed by atoms with Gasteiger partial charge in [0.1, 0.15) is 0 Å². The van der Waals surface area contributed by atoms with E-state index >= 15 is 0 Å². The fraction of sp³-hybridized carbons (Fsp3) is 0.667. The van der Waals surface area contributed by atoms with Gasteiger partial charge in [-0.1, -0.05) is 0 Å². The molecule has 0 fully saturated rings. The SMILES string of the molecule is CNC(Cc1cncs1)C(C)S(C)(=O)=O. The molecule has 86 valence electrons. The molecule has 1 rings (SSSR count).